The van der Waals surface area contributed by atoms with Crippen molar-refractivity contribution in [3.63, 3.8) is 0 Å². The van der Waals surface area contributed by atoms with Gasteiger partial charge in [0, 0.05) is 17.6 Å². The van der Waals surface area contributed by atoms with E-state index in [-0.39, 0.29) is 12.5 Å². The predicted octanol–water partition coefficient (Wildman–Crippen LogP) is 3.26. The zero-order chi connectivity index (χ0) is 16.0. The van der Waals surface area contributed by atoms with E-state index >= 15 is 0 Å². The fraction of sp³-hybridized carbons (Fsp3) is 0.111. The van der Waals surface area contributed by atoms with Crippen molar-refractivity contribution >= 4 is 28.5 Å². The first-order chi connectivity index (χ1) is 11.2. The number of amides is 1. The molecule has 1 aliphatic rings. The van der Waals surface area contributed by atoms with E-state index in [1.54, 1.807) is 30.3 Å². The summed E-state index contributed by atoms with van der Waals surface area (Å²) in [6.07, 6.45) is 1.43. The standard InChI is InChI=1S/C18H13NO4/c20-17(14-10-23-16-8-4-2-6-12(14)16)19-9-13(18(21)22)11-5-1-3-7-15(11)19/h1-8,10,13H,9H2,(H,21,22)/t13-/m0/s1. The summed E-state index contributed by atoms with van der Waals surface area (Å²) < 4.78 is 5.43. The number of hydrogen-bond acceptors (Lipinski definition) is 3. The topological polar surface area (TPSA) is 70.8 Å². The third-order valence-electron chi connectivity index (χ3n) is 4.22. The van der Waals surface area contributed by atoms with Gasteiger partial charge in [0.15, 0.2) is 0 Å². The van der Waals surface area contributed by atoms with Crippen molar-refractivity contribution < 1.29 is 19.1 Å². The predicted molar refractivity (Wildman–Crippen MR) is 84.7 cm³/mol. The van der Waals surface area contributed by atoms with E-state index < -0.39 is 11.9 Å². The van der Waals surface area contributed by atoms with Crippen LogP contribution in [0, 0.1) is 0 Å². The van der Waals surface area contributed by atoms with E-state index in [4.69, 9.17) is 4.42 Å². The highest BCUT2D eigenvalue weighted by Gasteiger charge is 2.37. The highest BCUT2D eigenvalue weighted by Crippen LogP contribution is 2.37. The molecule has 4 rings (SSSR count). The quantitative estimate of drug-likeness (QED) is 0.789. The monoisotopic (exact) mass is 307 g/mol. The maximum absolute atomic E-state index is 12.9. The molecule has 114 valence electrons. The van der Waals surface area contributed by atoms with Gasteiger partial charge in [-0.3, -0.25) is 9.59 Å². The van der Waals surface area contributed by atoms with Gasteiger partial charge in [-0.2, -0.15) is 0 Å². The average molecular weight is 307 g/mol. The highest BCUT2D eigenvalue weighted by atomic mass is 16.4. The summed E-state index contributed by atoms with van der Waals surface area (Å²) >= 11 is 0. The van der Waals surface area contributed by atoms with Crippen molar-refractivity contribution in [3.8, 4) is 0 Å². The molecule has 2 heterocycles. The molecule has 1 N–H and O–H groups in total. The Morgan fingerprint density at radius 2 is 1.83 bits per heavy atom. The molecule has 1 atom stereocenters. The van der Waals surface area contributed by atoms with Crippen molar-refractivity contribution in [3.05, 3.63) is 65.9 Å². The number of rotatable bonds is 2. The van der Waals surface area contributed by atoms with Crippen LogP contribution in [0.3, 0.4) is 0 Å². The lowest BCUT2D eigenvalue weighted by molar-refractivity contribution is -0.138. The Hall–Kier alpha value is -3.08. The van der Waals surface area contributed by atoms with Gasteiger partial charge >= 0.3 is 5.97 Å². The molecular formula is C18H13NO4. The van der Waals surface area contributed by atoms with Crippen LogP contribution < -0.4 is 4.90 Å². The molecule has 0 unspecified atom stereocenters. The molecule has 1 amide bonds. The van der Waals surface area contributed by atoms with Crippen molar-refractivity contribution in [2.75, 3.05) is 11.4 Å². The summed E-state index contributed by atoms with van der Waals surface area (Å²) in [5.41, 5.74) is 2.40. The number of carboxylic acid groups (broad SMARTS) is 1. The molecule has 23 heavy (non-hydrogen) atoms. The Kier molecular flexibility index (Phi) is 2.94. The highest BCUT2D eigenvalue weighted by molar-refractivity contribution is 6.15. The molecular weight excluding hydrogens is 294 g/mol. The van der Waals surface area contributed by atoms with Crippen molar-refractivity contribution in [1.82, 2.24) is 0 Å². The third kappa shape index (κ3) is 2.01. The van der Waals surface area contributed by atoms with Gasteiger partial charge in [-0.05, 0) is 17.7 Å². The molecule has 1 aromatic heterocycles. The second-order valence-electron chi connectivity index (χ2n) is 5.51. The Morgan fingerprint density at radius 1 is 1.09 bits per heavy atom. The van der Waals surface area contributed by atoms with Gasteiger partial charge in [0.05, 0.1) is 5.56 Å². The molecule has 0 saturated heterocycles. The summed E-state index contributed by atoms with van der Waals surface area (Å²) in [6, 6.07) is 14.4. The minimum atomic E-state index is -0.926. The first-order valence-corrected chi connectivity index (χ1v) is 7.26. The van der Waals surface area contributed by atoms with E-state index in [1.807, 2.05) is 18.2 Å². The van der Waals surface area contributed by atoms with E-state index in [0.717, 1.165) is 5.39 Å². The molecule has 0 radical (unpaired) electrons. The van der Waals surface area contributed by atoms with Gasteiger partial charge in [0.25, 0.3) is 5.91 Å². The molecule has 5 heteroatoms. The number of hydrogen-bond donors (Lipinski definition) is 1. The average Bonchev–Trinajstić information content (AvgIpc) is 3.16. The van der Waals surface area contributed by atoms with E-state index in [0.29, 0.717) is 22.4 Å². The summed E-state index contributed by atoms with van der Waals surface area (Å²) in [4.78, 5) is 25.9. The van der Waals surface area contributed by atoms with Gasteiger partial charge in [-0.1, -0.05) is 36.4 Å². The molecule has 2 aromatic carbocycles. The largest absolute Gasteiger partial charge is 0.481 e. The summed E-state index contributed by atoms with van der Waals surface area (Å²) in [5, 5.41) is 10.1. The van der Waals surface area contributed by atoms with Crippen molar-refractivity contribution in [2.24, 2.45) is 0 Å². The SMILES string of the molecule is O=C(O)[C@H]1CN(C(=O)c2coc3ccccc23)c2ccccc21. The normalized spacial score (nSPS) is 16.5. The number of nitrogens with zero attached hydrogens (tertiary/aromatic N) is 1. The van der Waals surface area contributed by atoms with Crippen LogP contribution in [0.15, 0.2) is 59.2 Å². The van der Waals surface area contributed by atoms with Crippen LogP contribution in [0.5, 0.6) is 0 Å². The number of fused-ring (bicyclic) bond motifs is 2. The van der Waals surface area contributed by atoms with E-state index in [2.05, 4.69) is 0 Å². The zero-order valence-electron chi connectivity index (χ0n) is 12.1. The first kappa shape index (κ1) is 13.6. The van der Waals surface area contributed by atoms with Crippen LogP contribution in [-0.4, -0.2) is 23.5 Å². The number of benzene rings is 2. The number of carbonyl (C=O) groups is 2. The van der Waals surface area contributed by atoms with Crippen LogP contribution >= 0.6 is 0 Å². The third-order valence-corrected chi connectivity index (χ3v) is 4.22. The number of carbonyl (C=O) groups excluding carboxylic acids is 1. The number of furan rings is 1. The van der Waals surface area contributed by atoms with Crippen LogP contribution in [0.2, 0.25) is 0 Å². The molecule has 0 bridgehead atoms. The molecule has 0 aliphatic carbocycles. The number of carboxylic acids is 1. The minimum absolute atomic E-state index is 0.132. The summed E-state index contributed by atoms with van der Waals surface area (Å²) in [6.45, 7) is 0.132. The van der Waals surface area contributed by atoms with Crippen LogP contribution in [0.4, 0.5) is 5.69 Å². The minimum Gasteiger partial charge on any atom is -0.481 e. The number of anilines is 1. The number of para-hydroxylation sites is 2. The van der Waals surface area contributed by atoms with Gasteiger partial charge < -0.3 is 14.4 Å². The van der Waals surface area contributed by atoms with Gasteiger partial charge in [-0.15, -0.1) is 0 Å². The summed E-state index contributed by atoms with van der Waals surface area (Å²) in [7, 11) is 0. The van der Waals surface area contributed by atoms with Crippen molar-refractivity contribution in [1.29, 1.82) is 0 Å². The van der Waals surface area contributed by atoms with Gasteiger partial charge in [-0.25, -0.2) is 0 Å². The van der Waals surface area contributed by atoms with Crippen LogP contribution in [0.25, 0.3) is 11.0 Å². The summed E-state index contributed by atoms with van der Waals surface area (Å²) in [5.74, 6) is -1.87. The van der Waals surface area contributed by atoms with E-state index in [9.17, 15) is 14.7 Å². The smallest absolute Gasteiger partial charge is 0.312 e. The molecule has 1 aliphatic heterocycles. The van der Waals surface area contributed by atoms with Gasteiger partial charge in [0.1, 0.15) is 17.8 Å². The molecule has 0 saturated carbocycles. The van der Waals surface area contributed by atoms with Crippen LogP contribution in [-0.2, 0) is 4.79 Å². The Balaban J connectivity index is 1.79. The van der Waals surface area contributed by atoms with Crippen LogP contribution in [0.1, 0.15) is 21.8 Å². The maximum Gasteiger partial charge on any atom is 0.312 e. The Labute approximate surface area is 131 Å². The molecule has 0 fully saturated rings. The number of aliphatic carboxylic acids is 1. The fourth-order valence-corrected chi connectivity index (χ4v) is 3.10. The fourth-order valence-electron chi connectivity index (χ4n) is 3.10. The lowest BCUT2D eigenvalue weighted by Gasteiger charge is -2.16. The Morgan fingerprint density at radius 3 is 2.65 bits per heavy atom. The van der Waals surface area contributed by atoms with Gasteiger partial charge in [0.2, 0.25) is 0 Å². The lowest BCUT2D eigenvalue weighted by Crippen LogP contribution is -2.31. The lowest BCUT2D eigenvalue weighted by atomic mass is 10.0. The Bertz CT molecular complexity index is 927. The van der Waals surface area contributed by atoms with E-state index in [1.165, 1.54) is 11.2 Å². The molecule has 0 spiro atoms. The first-order valence-electron chi connectivity index (χ1n) is 7.26. The second-order valence-corrected chi connectivity index (χ2v) is 5.51. The molecule has 5 nitrogen and oxygen atoms in total. The zero-order valence-corrected chi connectivity index (χ0v) is 12.1. The molecule has 3 aromatic rings. The van der Waals surface area contributed by atoms with Crippen molar-refractivity contribution in [2.45, 2.75) is 5.92 Å². The maximum atomic E-state index is 12.9. The second kappa shape index (κ2) is 4.98.